The fraction of sp³-hybridized carbons (Fsp3) is 0.0833. The predicted molar refractivity (Wildman–Crippen MR) is 110 cm³/mol. The second-order valence-electron chi connectivity index (χ2n) is 6.47. The summed E-state index contributed by atoms with van der Waals surface area (Å²) in [4.78, 5) is 9.05. The Hall–Kier alpha value is -3.46. The molecule has 2 heterocycles. The van der Waals surface area contributed by atoms with Gasteiger partial charge in [0.1, 0.15) is 17.0 Å². The minimum Gasteiger partial charge on any atom is -0.455 e. The fourth-order valence-corrected chi connectivity index (χ4v) is 3.35. The zero-order valence-electron chi connectivity index (χ0n) is 18.9. The molecule has 130 valence electrons. The molecule has 0 fully saturated rings. The molecule has 0 unspecified atom stereocenters. The van der Waals surface area contributed by atoms with E-state index in [1.54, 1.807) is 19.9 Å². The summed E-state index contributed by atoms with van der Waals surface area (Å²) >= 11 is 0. The molecule has 0 aliphatic carbocycles. The van der Waals surface area contributed by atoms with Crippen molar-refractivity contribution < 1.29 is 9.90 Å². The summed E-state index contributed by atoms with van der Waals surface area (Å²) in [6.07, 6.45) is 0. The number of hydrogen-bond acceptors (Lipinski definition) is 3. The number of furan rings is 1. The van der Waals surface area contributed by atoms with Gasteiger partial charge in [-0.1, -0.05) is 54.0 Å². The predicted octanol–water partition coefficient (Wildman–Crippen LogP) is 6.33. The molecule has 2 aromatic heterocycles. The Kier molecular flexibility index (Phi) is 2.70. The monoisotopic (exact) mass is 354 g/mol. The van der Waals surface area contributed by atoms with Crippen LogP contribution in [0.2, 0.25) is 0 Å². The van der Waals surface area contributed by atoms with Gasteiger partial charge in [-0.05, 0) is 38.1 Å². The fourth-order valence-electron chi connectivity index (χ4n) is 3.35. The van der Waals surface area contributed by atoms with Gasteiger partial charge >= 0.3 is 0 Å². The first kappa shape index (κ1) is 12.0. The van der Waals surface area contributed by atoms with E-state index in [2.05, 4.69) is 9.97 Å². The molecular weight excluding hydrogens is 332 g/mol. The van der Waals surface area contributed by atoms with Crippen LogP contribution in [-0.2, 0) is 0 Å². The Balaban J connectivity index is 1.79. The van der Waals surface area contributed by atoms with Crippen LogP contribution in [0.1, 0.15) is 16.9 Å². The highest BCUT2D eigenvalue weighted by Gasteiger charge is 2.14. The summed E-state index contributed by atoms with van der Waals surface area (Å²) in [7, 11) is 0. The second kappa shape index (κ2) is 6.06. The topological polar surface area (TPSA) is 38.9 Å². The first-order chi connectivity index (χ1) is 14.9. The highest BCUT2D eigenvalue weighted by molar-refractivity contribution is 6.09. The average Bonchev–Trinajstić information content (AvgIpc) is 3.15. The second-order valence-corrected chi connectivity index (χ2v) is 6.47. The van der Waals surface area contributed by atoms with Gasteiger partial charge in [0.15, 0.2) is 0 Å². The van der Waals surface area contributed by atoms with Gasteiger partial charge in [-0.3, -0.25) is 0 Å². The molecule has 3 nitrogen and oxygen atoms in total. The molecular formula is C24H18N2O. The van der Waals surface area contributed by atoms with E-state index < -0.39 is 0 Å². The molecule has 3 aromatic carbocycles. The van der Waals surface area contributed by atoms with Crippen molar-refractivity contribution in [1.82, 2.24) is 9.97 Å². The summed E-state index contributed by atoms with van der Waals surface area (Å²) in [6, 6.07) is 15.0. The largest absolute Gasteiger partial charge is 0.455 e. The quantitative estimate of drug-likeness (QED) is 0.372. The van der Waals surface area contributed by atoms with Gasteiger partial charge in [0.05, 0.1) is 16.9 Å². The third-order valence-electron chi connectivity index (χ3n) is 4.52. The number of benzene rings is 3. The zero-order chi connectivity index (χ0) is 21.9. The molecule has 0 spiro atoms. The van der Waals surface area contributed by atoms with Crippen molar-refractivity contribution in [3.8, 4) is 22.5 Å². The summed E-state index contributed by atoms with van der Waals surface area (Å²) in [5.41, 5.74) is 3.89. The average molecular weight is 354 g/mol. The van der Waals surface area contributed by atoms with Gasteiger partial charge in [0.2, 0.25) is 0 Å². The van der Waals surface area contributed by atoms with Gasteiger partial charge < -0.3 is 4.42 Å². The van der Waals surface area contributed by atoms with Crippen molar-refractivity contribution in [2.45, 2.75) is 13.8 Å². The standard InChI is InChI=1S/C24H18N2O/c1-15-7-5-8-17(13-15)21-14-22(26-16(2)25-21)20-11-6-10-19-18-9-3-4-12-23(18)27-24(19)20/h3-14H,1-2H3/i5D,7D,8D,13D. The Morgan fingerprint density at radius 3 is 2.63 bits per heavy atom. The van der Waals surface area contributed by atoms with Crippen molar-refractivity contribution in [3.63, 3.8) is 0 Å². The van der Waals surface area contributed by atoms with Crippen molar-refractivity contribution in [3.05, 3.63) is 84.1 Å². The summed E-state index contributed by atoms with van der Waals surface area (Å²) < 4.78 is 39.0. The number of para-hydroxylation sites is 2. The maximum atomic E-state index is 8.46. The molecule has 5 rings (SSSR count). The molecule has 5 aromatic rings. The number of aromatic nitrogens is 2. The lowest BCUT2D eigenvalue weighted by Gasteiger charge is -2.08. The molecule has 0 amide bonds. The molecule has 0 aliphatic heterocycles. The van der Waals surface area contributed by atoms with Crippen LogP contribution in [0.4, 0.5) is 0 Å². The third-order valence-corrected chi connectivity index (χ3v) is 4.52. The lowest BCUT2D eigenvalue weighted by atomic mass is 10.0. The number of nitrogens with zero attached hydrogens (tertiary/aromatic N) is 2. The Labute approximate surface area is 162 Å². The highest BCUT2D eigenvalue weighted by atomic mass is 16.3. The van der Waals surface area contributed by atoms with Crippen molar-refractivity contribution in [2.75, 3.05) is 0 Å². The molecule has 0 saturated heterocycles. The van der Waals surface area contributed by atoms with Gasteiger partial charge in [-0.2, -0.15) is 0 Å². The van der Waals surface area contributed by atoms with E-state index in [9.17, 15) is 0 Å². The number of fused-ring (bicyclic) bond motifs is 3. The van der Waals surface area contributed by atoms with Crippen LogP contribution in [0.25, 0.3) is 44.5 Å². The van der Waals surface area contributed by atoms with Crippen LogP contribution < -0.4 is 0 Å². The van der Waals surface area contributed by atoms with Gasteiger partial charge in [0.25, 0.3) is 0 Å². The van der Waals surface area contributed by atoms with E-state index in [0.717, 1.165) is 21.9 Å². The molecule has 0 radical (unpaired) electrons. The number of rotatable bonds is 2. The van der Waals surface area contributed by atoms with E-state index in [4.69, 9.17) is 9.90 Å². The van der Waals surface area contributed by atoms with E-state index >= 15 is 0 Å². The Bertz CT molecular complexity index is 1480. The van der Waals surface area contributed by atoms with Gasteiger partial charge in [-0.15, -0.1) is 0 Å². The van der Waals surface area contributed by atoms with E-state index in [1.165, 1.54) is 0 Å². The van der Waals surface area contributed by atoms with Crippen molar-refractivity contribution >= 4 is 21.9 Å². The van der Waals surface area contributed by atoms with E-state index in [-0.39, 0.29) is 29.7 Å². The maximum Gasteiger partial charge on any atom is 0.144 e. The SMILES string of the molecule is [2H]c1c([2H])c(C)c([2H])c(-c2cc(-c3cccc4c3oc3ccccc34)nc(C)n2)c1[2H]. The highest BCUT2D eigenvalue weighted by Crippen LogP contribution is 2.35. The van der Waals surface area contributed by atoms with E-state index in [1.807, 2.05) is 42.5 Å². The van der Waals surface area contributed by atoms with Gasteiger partial charge in [0, 0.05) is 21.9 Å². The van der Waals surface area contributed by atoms with Crippen LogP contribution in [0.15, 0.2) is 77.1 Å². The first-order valence-corrected chi connectivity index (χ1v) is 8.70. The maximum absolute atomic E-state index is 8.46. The van der Waals surface area contributed by atoms with Crippen LogP contribution in [0, 0.1) is 13.8 Å². The van der Waals surface area contributed by atoms with Crippen LogP contribution >= 0.6 is 0 Å². The smallest absolute Gasteiger partial charge is 0.144 e. The minimum atomic E-state index is -0.208. The van der Waals surface area contributed by atoms with Gasteiger partial charge in [-0.25, -0.2) is 9.97 Å². The van der Waals surface area contributed by atoms with Crippen LogP contribution in [0.5, 0.6) is 0 Å². The molecule has 0 aliphatic rings. The van der Waals surface area contributed by atoms with Crippen molar-refractivity contribution in [2.24, 2.45) is 0 Å². The summed E-state index contributed by atoms with van der Waals surface area (Å²) in [5.74, 6) is 0.485. The van der Waals surface area contributed by atoms with Crippen LogP contribution in [0.3, 0.4) is 0 Å². The minimum absolute atomic E-state index is 0.0389. The zero-order valence-corrected chi connectivity index (χ0v) is 14.9. The first-order valence-electron chi connectivity index (χ1n) is 10.7. The lowest BCUT2D eigenvalue weighted by Crippen LogP contribution is -1.95. The molecule has 0 bridgehead atoms. The molecule has 27 heavy (non-hydrogen) atoms. The molecule has 3 heteroatoms. The lowest BCUT2D eigenvalue weighted by molar-refractivity contribution is 0.670. The number of aryl methyl sites for hydroxylation is 1. The van der Waals surface area contributed by atoms with E-state index in [0.29, 0.717) is 28.4 Å². The third kappa shape index (κ3) is 2.68. The van der Waals surface area contributed by atoms with Crippen LogP contribution in [-0.4, -0.2) is 9.97 Å². The summed E-state index contributed by atoms with van der Waals surface area (Å²) in [5, 5.41) is 2.00. The van der Waals surface area contributed by atoms with Crippen molar-refractivity contribution in [1.29, 1.82) is 0 Å². The number of hydrogen-bond donors (Lipinski definition) is 0. The molecule has 0 saturated carbocycles. The Morgan fingerprint density at radius 2 is 1.70 bits per heavy atom. The molecule has 0 atom stereocenters. The summed E-state index contributed by atoms with van der Waals surface area (Å²) in [6.45, 7) is 3.38. The Morgan fingerprint density at radius 1 is 0.889 bits per heavy atom. The normalized spacial score (nSPS) is 13.4. The molecule has 0 N–H and O–H groups in total.